The van der Waals surface area contributed by atoms with Crippen LogP contribution in [0, 0.1) is 5.41 Å². The molecule has 1 amide bonds. The van der Waals surface area contributed by atoms with E-state index in [1.807, 2.05) is 30.3 Å². The summed E-state index contributed by atoms with van der Waals surface area (Å²) in [5, 5.41) is 7.31. The van der Waals surface area contributed by atoms with E-state index in [2.05, 4.69) is 0 Å². The van der Waals surface area contributed by atoms with Gasteiger partial charge in [-0.05, 0) is 24.3 Å². The van der Waals surface area contributed by atoms with Crippen LogP contribution in [-0.4, -0.2) is 18.8 Å². The van der Waals surface area contributed by atoms with E-state index in [1.54, 1.807) is 36.2 Å². The molecule has 0 aromatic heterocycles. The van der Waals surface area contributed by atoms with Crippen LogP contribution in [0.3, 0.4) is 0 Å². The van der Waals surface area contributed by atoms with Gasteiger partial charge in [0.1, 0.15) is 5.84 Å². The molecule has 0 atom stereocenters. The third-order valence-electron chi connectivity index (χ3n) is 2.89. The third-order valence-corrected chi connectivity index (χ3v) is 2.89. The number of hydrogen-bond donors (Lipinski definition) is 2. The number of carbonyl (C=O) groups excluding carboxylic acids is 1. The zero-order valence-electron chi connectivity index (χ0n) is 10.6. The second-order valence-electron chi connectivity index (χ2n) is 4.19. The summed E-state index contributed by atoms with van der Waals surface area (Å²) in [6, 6.07) is 16.1. The summed E-state index contributed by atoms with van der Waals surface area (Å²) in [6.07, 6.45) is 0. The van der Waals surface area contributed by atoms with Gasteiger partial charge >= 0.3 is 0 Å². The lowest BCUT2D eigenvalue weighted by Crippen LogP contribution is -2.26. The van der Waals surface area contributed by atoms with Crippen molar-refractivity contribution in [1.29, 1.82) is 5.41 Å². The van der Waals surface area contributed by atoms with E-state index in [-0.39, 0.29) is 11.7 Å². The first kappa shape index (κ1) is 12.8. The highest BCUT2D eigenvalue weighted by Gasteiger charge is 2.13. The third kappa shape index (κ3) is 2.80. The fourth-order valence-corrected chi connectivity index (χ4v) is 1.75. The highest BCUT2D eigenvalue weighted by molar-refractivity contribution is 6.06. The van der Waals surface area contributed by atoms with Gasteiger partial charge in [-0.15, -0.1) is 0 Å². The number of carbonyl (C=O) groups is 1. The molecule has 0 radical (unpaired) electrons. The summed E-state index contributed by atoms with van der Waals surface area (Å²) < 4.78 is 0. The lowest BCUT2D eigenvalue weighted by molar-refractivity contribution is 0.0993. The number of nitrogen functional groups attached to an aromatic ring is 1. The normalized spacial score (nSPS) is 9.95. The van der Waals surface area contributed by atoms with Gasteiger partial charge in [0.25, 0.3) is 5.91 Å². The van der Waals surface area contributed by atoms with Crippen LogP contribution >= 0.6 is 0 Å². The van der Waals surface area contributed by atoms with Crippen molar-refractivity contribution < 1.29 is 4.79 Å². The minimum atomic E-state index is -0.0960. The molecule has 0 saturated heterocycles. The minimum Gasteiger partial charge on any atom is -0.384 e. The topological polar surface area (TPSA) is 70.2 Å². The van der Waals surface area contributed by atoms with Crippen LogP contribution in [-0.2, 0) is 0 Å². The maximum atomic E-state index is 12.3. The number of rotatable bonds is 3. The van der Waals surface area contributed by atoms with Crippen molar-refractivity contribution in [3.8, 4) is 0 Å². The summed E-state index contributed by atoms with van der Waals surface area (Å²) in [5.74, 6) is -0.100. The van der Waals surface area contributed by atoms with Gasteiger partial charge in [0.2, 0.25) is 0 Å². The number of nitrogens with zero attached hydrogens (tertiary/aromatic N) is 1. The van der Waals surface area contributed by atoms with Gasteiger partial charge in [0, 0.05) is 23.9 Å². The Kier molecular flexibility index (Phi) is 3.61. The monoisotopic (exact) mass is 253 g/mol. The second-order valence-corrected chi connectivity index (χ2v) is 4.19. The number of nitrogens with two attached hydrogens (primary N) is 1. The zero-order valence-corrected chi connectivity index (χ0v) is 10.6. The SMILES string of the molecule is CN(C(=O)c1ccc(C(=N)N)cc1)c1ccccc1. The summed E-state index contributed by atoms with van der Waals surface area (Å²) in [4.78, 5) is 13.9. The summed E-state index contributed by atoms with van der Waals surface area (Å²) in [7, 11) is 1.73. The molecule has 0 bridgehead atoms. The van der Waals surface area contributed by atoms with Gasteiger partial charge < -0.3 is 10.6 Å². The Bertz CT molecular complexity index is 591. The van der Waals surface area contributed by atoms with Crippen molar-refractivity contribution >= 4 is 17.4 Å². The smallest absolute Gasteiger partial charge is 0.258 e. The fourth-order valence-electron chi connectivity index (χ4n) is 1.75. The highest BCUT2D eigenvalue weighted by atomic mass is 16.2. The molecule has 2 aromatic rings. The van der Waals surface area contributed by atoms with E-state index in [0.29, 0.717) is 11.1 Å². The molecule has 0 unspecified atom stereocenters. The molecule has 0 spiro atoms. The maximum absolute atomic E-state index is 12.3. The molecule has 19 heavy (non-hydrogen) atoms. The number of benzene rings is 2. The molecule has 3 N–H and O–H groups in total. The molecular formula is C15H15N3O. The second kappa shape index (κ2) is 5.35. The van der Waals surface area contributed by atoms with Crippen molar-refractivity contribution in [3.63, 3.8) is 0 Å². The fraction of sp³-hybridized carbons (Fsp3) is 0.0667. The van der Waals surface area contributed by atoms with Gasteiger partial charge in [0.15, 0.2) is 0 Å². The molecule has 0 fully saturated rings. The maximum Gasteiger partial charge on any atom is 0.258 e. The van der Waals surface area contributed by atoms with Crippen molar-refractivity contribution in [2.24, 2.45) is 5.73 Å². The molecule has 0 saturated carbocycles. The molecular weight excluding hydrogens is 238 g/mol. The molecule has 0 aliphatic rings. The van der Waals surface area contributed by atoms with Crippen LogP contribution in [0.25, 0.3) is 0 Å². The first-order valence-electron chi connectivity index (χ1n) is 5.87. The van der Waals surface area contributed by atoms with Crippen LogP contribution in [0.2, 0.25) is 0 Å². The predicted molar refractivity (Wildman–Crippen MR) is 76.6 cm³/mol. The first-order valence-corrected chi connectivity index (χ1v) is 5.87. The van der Waals surface area contributed by atoms with Crippen LogP contribution < -0.4 is 10.6 Å². The van der Waals surface area contributed by atoms with Gasteiger partial charge in [-0.3, -0.25) is 10.2 Å². The van der Waals surface area contributed by atoms with Crippen LogP contribution in [0.4, 0.5) is 5.69 Å². The quantitative estimate of drug-likeness (QED) is 0.650. The van der Waals surface area contributed by atoms with E-state index in [1.165, 1.54) is 0 Å². The van der Waals surface area contributed by atoms with Crippen molar-refractivity contribution in [2.45, 2.75) is 0 Å². The highest BCUT2D eigenvalue weighted by Crippen LogP contribution is 2.15. The van der Waals surface area contributed by atoms with E-state index in [4.69, 9.17) is 11.1 Å². The predicted octanol–water partition coefficient (Wildman–Crippen LogP) is 2.25. The number of hydrogen-bond acceptors (Lipinski definition) is 2. The first-order chi connectivity index (χ1) is 9.09. The van der Waals surface area contributed by atoms with Crippen molar-refractivity contribution in [3.05, 3.63) is 65.7 Å². The Morgan fingerprint density at radius 2 is 1.53 bits per heavy atom. The van der Waals surface area contributed by atoms with E-state index in [9.17, 15) is 4.79 Å². The van der Waals surface area contributed by atoms with Gasteiger partial charge in [0.05, 0.1) is 0 Å². The van der Waals surface area contributed by atoms with E-state index >= 15 is 0 Å². The average Bonchev–Trinajstić information content (AvgIpc) is 2.46. The Morgan fingerprint density at radius 1 is 1.00 bits per heavy atom. The zero-order chi connectivity index (χ0) is 13.8. The number of amidine groups is 1. The van der Waals surface area contributed by atoms with E-state index in [0.717, 1.165) is 5.69 Å². The molecule has 2 aromatic carbocycles. The molecule has 2 rings (SSSR count). The Labute approximate surface area is 112 Å². The Morgan fingerprint density at radius 3 is 2.05 bits per heavy atom. The lowest BCUT2D eigenvalue weighted by atomic mass is 10.1. The number of anilines is 1. The molecule has 4 nitrogen and oxygen atoms in total. The summed E-state index contributed by atoms with van der Waals surface area (Å²) in [5.41, 5.74) is 7.39. The molecule has 4 heteroatoms. The van der Waals surface area contributed by atoms with E-state index < -0.39 is 0 Å². The van der Waals surface area contributed by atoms with Gasteiger partial charge in [-0.1, -0.05) is 30.3 Å². The number of nitrogens with one attached hydrogen (secondary N) is 1. The summed E-state index contributed by atoms with van der Waals surface area (Å²) in [6.45, 7) is 0. The summed E-state index contributed by atoms with van der Waals surface area (Å²) >= 11 is 0. The lowest BCUT2D eigenvalue weighted by Gasteiger charge is -2.17. The largest absolute Gasteiger partial charge is 0.384 e. The standard InChI is InChI=1S/C15H15N3O/c1-18(13-5-3-2-4-6-13)15(19)12-9-7-11(8-10-12)14(16)17/h2-10H,1H3,(H3,16,17). The van der Waals surface area contributed by atoms with Crippen LogP contribution in [0.1, 0.15) is 15.9 Å². The van der Waals surface area contributed by atoms with Crippen molar-refractivity contribution in [2.75, 3.05) is 11.9 Å². The van der Waals surface area contributed by atoms with Crippen LogP contribution in [0.5, 0.6) is 0 Å². The molecule has 0 aliphatic heterocycles. The van der Waals surface area contributed by atoms with Gasteiger partial charge in [-0.25, -0.2) is 0 Å². The van der Waals surface area contributed by atoms with Crippen LogP contribution in [0.15, 0.2) is 54.6 Å². The molecule has 0 aliphatic carbocycles. The van der Waals surface area contributed by atoms with Gasteiger partial charge in [-0.2, -0.15) is 0 Å². The average molecular weight is 253 g/mol. The Hall–Kier alpha value is -2.62. The molecule has 96 valence electrons. The Balaban J connectivity index is 2.22. The number of amides is 1. The van der Waals surface area contributed by atoms with Crippen molar-refractivity contribution in [1.82, 2.24) is 0 Å². The minimum absolute atomic E-state index is 0.00425. The number of para-hydroxylation sites is 1. The molecule has 0 heterocycles.